The van der Waals surface area contributed by atoms with Gasteiger partial charge in [0.2, 0.25) is 0 Å². The quantitative estimate of drug-likeness (QED) is 0.377. The van der Waals surface area contributed by atoms with Crippen molar-refractivity contribution < 1.29 is 0 Å². The molecule has 0 saturated carbocycles. The molecule has 1 aliphatic rings. The molecule has 7 heteroatoms. The minimum absolute atomic E-state index is 0. The van der Waals surface area contributed by atoms with Crippen molar-refractivity contribution >= 4 is 29.9 Å². The van der Waals surface area contributed by atoms with Crippen LogP contribution in [0.4, 0.5) is 0 Å². The number of hydrogen-bond acceptors (Lipinski definition) is 3. The Hall–Kier alpha value is -1.64. The molecule has 2 heterocycles. The van der Waals surface area contributed by atoms with Gasteiger partial charge in [0.05, 0.1) is 6.54 Å². The molecule has 2 unspecified atom stereocenters. The van der Waals surface area contributed by atoms with Crippen molar-refractivity contribution in [3.8, 4) is 0 Å². The monoisotopic (exact) mass is 496 g/mol. The first kappa shape index (κ1) is 22.6. The standard InChI is InChI=1S/C21H32N6.HI/c1-14(2)20-25-19-11-10-18(13-27(19)26-20)24-21(22-5)23-12-16(4)17-8-6-15(3)7-9-17;/h6-9,14,16,18H,10-13H2,1-5H3,(H2,22,23,24);1H. The maximum Gasteiger partial charge on any atom is 0.191 e. The molecule has 0 spiro atoms. The lowest BCUT2D eigenvalue weighted by molar-refractivity contribution is 0.391. The van der Waals surface area contributed by atoms with Crippen LogP contribution in [0.25, 0.3) is 0 Å². The van der Waals surface area contributed by atoms with Gasteiger partial charge in [-0.05, 0) is 24.8 Å². The van der Waals surface area contributed by atoms with E-state index in [0.717, 1.165) is 43.5 Å². The zero-order chi connectivity index (χ0) is 19.4. The molecule has 2 N–H and O–H groups in total. The second kappa shape index (κ2) is 10.2. The van der Waals surface area contributed by atoms with E-state index in [2.05, 4.69) is 82.4 Å². The zero-order valence-electron chi connectivity index (χ0n) is 17.6. The molecule has 1 aromatic heterocycles. The largest absolute Gasteiger partial charge is 0.356 e. The number of benzene rings is 1. The van der Waals surface area contributed by atoms with E-state index in [9.17, 15) is 0 Å². The SMILES string of the molecule is CN=C(NCC(C)c1ccc(C)cc1)NC1CCc2nc(C(C)C)nn2C1.I. The molecule has 0 radical (unpaired) electrons. The van der Waals surface area contributed by atoms with Crippen molar-refractivity contribution in [3.63, 3.8) is 0 Å². The van der Waals surface area contributed by atoms with E-state index in [1.54, 1.807) is 0 Å². The highest BCUT2D eigenvalue weighted by molar-refractivity contribution is 14.0. The third-order valence-corrected chi connectivity index (χ3v) is 5.18. The van der Waals surface area contributed by atoms with Crippen LogP contribution >= 0.6 is 24.0 Å². The van der Waals surface area contributed by atoms with Crippen LogP contribution in [0.3, 0.4) is 0 Å². The number of aryl methyl sites for hydroxylation is 2. The van der Waals surface area contributed by atoms with Crippen LogP contribution in [0.1, 0.15) is 61.8 Å². The number of rotatable bonds is 5. The van der Waals surface area contributed by atoms with E-state index in [-0.39, 0.29) is 24.0 Å². The fourth-order valence-corrected chi connectivity index (χ4v) is 3.34. The van der Waals surface area contributed by atoms with Crippen molar-refractivity contribution in [2.45, 2.75) is 65.0 Å². The number of guanidine groups is 1. The first-order chi connectivity index (χ1) is 13.0. The van der Waals surface area contributed by atoms with E-state index < -0.39 is 0 Å². The molecule has 2 aromatic rings. The zero-order valence-corrected chi connectivity index (χ0v) is 19.9. The fraction of sp³-hybridized carbons (Fsp3) is 0.571. The summed E-state index contributed by atoms with van der Waals surface area (Å²) in [4.78, 5) is 9.06. The summed E-state index contributed by atoms with van der Waals surface area (Å²) < 4.78 is 2.05. The third kappa shape index (κ3) is 5.68. The minimum Gasteiger partial charge on any atom is -0.356 e. The summed E-state index contributed by atoms with van der Waals surface area (Å²) in [6, 6.07) is 9.07. The molecule has 0 bridgehead atoms. The number of fused-ring (bicyclic) bond motifs is 1. The number of aliphatic imine (C=N–C) groups is 1. The summed E-state index contributed by atoms with van der Waals surface area (Å²) in [6.07, 6.45) is 2.00. The smallest absolute Gasteiger partial charge is 0.191 e. The Morgan fingerprint density at radius 3 is 2.61 bits per heavy atom. The van der Waals surface area contributed by atoms with Gasteiger partial charge in [-0.3, -0.25) is 4.99 Å². The summed E-state index contributed by atoms with van der Waals surface area (Å²) in [6.45, 7) is 10.3. The summed E-state index contributed by atoms with van der Waals surface area (Å²) in [7, 11) is 1.83. The Labute approximate surface area is 185 Å². The Morgan fingerprint density at radius 1 is 1.25 bits per heavy atom. The normalized spacial score (nSPS) is 17.6. The predicted molar refractivity (Wildman–Crippen MR) is 126 cm³/mol. The topological polar surface area (TPSA) is 67.1 Å². The van der Waals surface area contributed by atoms with Crippen LogP contribution in [0.15, 0.2) is 29.3 Å². The predicted octanol–water partition coefficient (Wildman–Crippen LogP) is 3.61. The average molecular weight is 496 g/mol. The average Bonchev–Trinajstić information content (AvgIpc) is 3.09. The molecule has 0 aliphatic carbocycles. The van der Waals surface area contributed by atoms with Crippen molar-refractivity contribution in [1.29, 1.82) is 0 Å². The van der Waals surface area contributed by atoms with Gasteiger partial charge in [-0.2, -0.15) is 5.10 Å². The fourth-order valence-electron chi connectivity index (χ4n) is 3.34. The molecule has 3 rings (SSSR count). The van der Waals surface area contributed by atoms with Crippen LogP contribution in [-0.4, -0.2) is 40.4 Å². The van der Waals surface area contributed by atoms with Crippen LogP contribution in [0.2, 0.25) is 0 Å². The van der Waals surface area contributed by atoms with Gasteiger partial charge in [0, 0.05) is 32.0 Å². The van der Waals surface area contributed by atoms with Gasteiger partial charge < -0.3 is 10.6 Å². The van der Waals surface area contributed by atoms with Crippen LogP contribution < -0.4 is 10.6 Å². The number of nitrogens with one attached hydrogen (secondary N) is 2. The minimum atomic E-state index is 0. The van der Waals surface area contributed by atoms with E-state index in [0.29, 0.717) is 17.9 Å². The van der Waals surface area contributed by atoms with E-state index in [4.69, 9.17) is 0 Å². The Bertz CT molecular complexity index is 781. The summed E-state index contributed by atoms with van der Waals surface area (Å²) >= 11 is 0. The van der Waals surface area contributed by atoms with Crippen LogP contribution in [-0.2, 0) is 13.0 Å². The van der Waals surface area contributed by atoms with Gasteiger partial charge in [-0.15, -0.1) is 24.0 Å². The lowest BCUT2D eigenvalue weighted by Crippen LogP contribution is -2.47. The van der Waals surface area contributed by atoms with Gasteiger partial charge in [0.15, 0.2) is 11.8 Å². The lowest BCUT2D eigenvalue weighted by atomic mass is 10.0. The molecular weight excluding hydrogens is 463 g/mol. The summed E-state index contributed by atoms with van der Waals surface area (Å²) in [5, 5.41) is 11.7. The molecule has 0 amide bonds. The molecule has 0 saturated heterocycles. The first-order valence-electron chi connectivity index (χ1n) is 9.93. The first-order valence-corrected chi connectivity index (χ1v) is 9.93. The van der Waals surface area contributed by atoms with Crippen molar-refractivity contribution in [2.24, 2.45) is 4.99 Å². The van der Waals surface area contributed by atoms with Crippen LogP contribution in [0, 0.1) is 6.92 Å². The van der Waals surface area contributed by atoms with Gasteiger partial charge in [0.1, 0.15) is 5.82 Å². The highest BCUT2D eigenvalue weighted by Gasteiger charge is 2.23. The highest BCUT2D eigenvalue weighted by atomic mass is 127. The number of nitrogens with zero attached hydrogens (tertiary/aromatic N) is 4. The maximum absolute atomic E-state index is 4.66. The Morgan fingerprint density at radius 2 is 1.96 bits per heavy atom. The summed E-state index contributed by atoms with van der Waals surface area (Å²) in [5.74, 6) is 3.69. The van der Waals surface area contributed by atoms with Crippen molar-refractivity contribution in [3.05, 3.63) is 47.0 Å². The third-order valence-electron chi connectivity index (χ3n) is 5.18. The number of halogens is 1. The van der Waals surface area contributed by atoms with Gasteiger partial charge >= 0.3 is 0 Å². The van der Waals surface area contributed by atoms with Crippen LogP contribution in [0.5, 0.6) is 0 Å². The molecule has 6 nitrogen and oxygen atoms in total. The van der Waals surface area contributed by atoms with E-state index in [1.807, 2.05) is 7.05 Å². The number of hydrogen-bond donors (Lipinski definition) is 2. The molecule has 1 aliphatic heterocycles. The van der Waals surface area contributed by atoms with Crippen molar-refractivity contribution in [2.75, 3.05) is 13.6 Å². The molecule has 0 fully saturated rings. The lowest BCUT2D eigenvalue weighted by Gasteiger charge is -2.26. The molecular formula is C21H33IN6. The van der Waals surface area contributed by atoms with E-state index >= 15 is 0 Å². The molecule has 2 atom stereocenters. The second-order valence-corrected chi connectivity index (χ2v) is 7.87. The van der Waals surface area contributed by atoms with Gasteiger partial charge in [0.25, 0.3) is 0 Å². The Kier molecular flexibility index (Phi) is 8.27. The Balaban J connectivity index is 0.00000280. The van der Waals surface area contributed by atoms with Crippen molar-refractivity contribution in [1.82, 2.24) is 25.4 Å². The number of aromatic nitrogens is 3. The maximum atomic E-state index is 4.66. The summed E-state index contributed by atoms with van der Waals surface area (Å²) in [5.41, 5.74) is 2.64. The van der Waals surface area contributed by atoms with Gasteiger partial charge in [-0.25, -0.2) is 9.67 Å². The highest BCUT2D eigenvalue weighted by Crippen LogP contribution is 2.17. The second-order valence-electron chi connectivity index (χ2n) is 7.87. The van der Waals surface area contributed by atoms with Gasteiger partial charge in [-0.1, -0.05) is 50.6 Å². The molecule has 154 valence electrons. The molecule has 28 heavy (non-hydrogen) atoms. The molecule has 1 aromatic carbocycles. The van der Waals surface area contributed by atoms with E-state index in [1.165, 1.54) is 11.1 Å².